The summed E-state index contributed by atoms with van der Waals surface area (Å²) < 4.78 is 50.1. The zero-order chi connectivity index (χ0) is 38.1. The Balaban J connectivity index is 3.21. The van der Waals surface area contributed by atoms with Crippen molar-refractivity contribution in [2.24, 2.45) is 0 Å². The molecule has 10 heteroatoms. The maximum Gasteiger partial charge on any atom is 0.338 e. The van der Waals surface area contributed by atoms with Gasteiger partial charge in [0.15, 0.2) is 23.0 Å². The molecule has 2 aromatic carbocycles. The van der Waals surface area contributed by atoms with Gasteiger partial charge >= 0.3 is 11.9 Å². The lowest BCUT2D eigenvalue weighted by Gasteiger charge is -2.33. The largest absolute Gasteiger partial charge is 0.490 e. The van der Waals surface area contributed by atoms with Gasteiger partial charge in [0.05, 0.1) is 39.6 Å². The Morgan fingerprint density at radius 3 is 1.04 bits per heavy atom. The summed E-state index contributed by atoms with van der Waals surface area (Å²) in [5.41, 5.74) is 0.882. The molecule has 0 saturated heterocycles. The van der Waals surface area contributed by atoms with Crippen molar-refractivity contribution < 1.29 is 47.5 Å². The molecule has 2 aromatic rings. The molecular weight excluding hydrogens is 652 g/mol. The van der Waals surface area contributed by atoms with E-state index in [2.05, 4.69) is 13.2 Å². The van der Waals surface area contributed by atoms with Crippen molar-refractivity contribution in [2.45, 2.75) is 113 Å². The molecule has 0 spiro atoms. The number of carbonyl (C=O) groups excluding carboxylic acids is 2. The maximum absolute atomic E-state index is 13.0. The molecule has 0 aliphatic rings. The second-order valence-electron chi connectivity index (χ2n) is 12.9. The van der Waals surface area contributed by atoms with Crippen LogP contribution in [0.15, 0.2) is 36.4 Å². The number of benzene rings is 2. The second-order valence-corrected chi connectivity index (χ2v) is 12.9. The van der Waals surface area contributed by atoms with Crippen LogP contribution in [0, 0.1) is 0 Å². The standard InChI is InChI=1S/C41H60O10/c1-13-19-44-31-25-29(33(46-21-15-3)37(48-23-17-5)35(31)50-39(42)27(7)8)41(11,12)30-26-32(45-20-14-2)36(51-40(43)28(9)10)38(49-24-18-6)34(30)47-22-16-4/h25-26H,7,9,13-24H2,1-6,8,10-12H3. The van der Waals surface area contributed by atoms with Crippen LogP contribution >= 0.6 is 0 Å². The molecule has 0 atom stereocenters. The van der Waals surface area contributed by atoms with Crippen molar-refractivity contribution in [1.29, 1.82) is 0 Å². The molecule has 0 unspecified atom stereocenters. The highest BCUT2D eigenvalue weighted by Crippen LogP contribution is 2.57. The van der Waals surface area contributed by atoms with Crippen LogP contribution in [-0.2, 0) is 15.0 Å². The van der Waals surface area contributed by atoms with Gasteiger partial charge in [-0.25, -0.2) is 9.59 Å². The zero-order valence-electron chi connectivity index (χ0n) is 32.6. The fraction of sp³-hybridized carbons (Fsp3) is 0.561. The minimum Gasteiger partial charge on any atom is -0.490 e. The van der Waals surface area contributed by atoms with Crippen LogP contribution in [0.5, 0.6) is 46.0 Å². The first-order chi connectivity index (χ1) is 24.3. The van der Waals surface area contributed by atoms with Crippen LogP contribution in [0.2, 0.25) is 0 Å². The number of ether oxygens (including phenoxy) is 8. The lowest BCUT2D eigenvalue weighted by molar-refractivity contribution is -0.131. The first-order valence-corrected chi connectivity index (χ1v) is 18.3. The molecule has 2 rings (SSSR count). The fourth-order valence-electron chi connectivity index (χ4n) is 4.83. The third kappa shape index (κ3) is 11.3. The van der Waals surface area contributed by atoms with Gasteiger partial charge in [-0.3, -0.25) is 0 Å². The molecule has 0 saturated carbocycles. The molecule has 284 valence electrons. The molecule has 51 heavy (non-hydrogen) atoms. The number of hydrogen-bond donors (Lipinski definition) is 0. The molecule has 0 aromatic heterocycles. The Morgan fingerprint density at radius 1 is 0.490 bits per heavy atom. The summed E-state index contributed by atoms with van der Waals surface area (Å²) in [5.74, 6) is 0.959. The molecule has 0 radical (unpaired) electrons. The van der Waals surface area contributed by atoms with Crippen LogP contribution in [-0.4, -0.2) is 51.6 Å². The van der Waals surface area contributed by atoms with E-state index in [1.807, 2.05) is 67.5 Å². The first-order valence-electron chi connectivity index (χ1n) is 18.3. The smallest absolute Gasteiger partial charge is 0.338 e. The van der Waals surface area contributed by atoms with E-state index in [0.29, 0.717) is 112 Å². The highest BCUT2D eigenvalue weighted by atomic mass is 16.6. The summed E-state index contributed by atoms with van der Waals surface area (Å²) in [6.07, 6.45) is 4.22. The van der Waals surface area contributed by atoms with Crippen LogP contribution in [0.4, 0.5) is 0 Å². The van der Waals surface area contributed by atoms with E-state index in [9.17, 15) is 9.59 Å². The molecule has 0 amide bonds. The number of hydrogen-bond acceptors (Lipinski definition) is 10. The quantitative estimate of drug-likeness (QED) is 0.0593. The van der Waals surface area contributed by atoms with E-state index in [4.69, 9.17) is 37.9 Å². The highest BCUT2D eigenvalue weighted by molar-refractivity contribution is 5.91. The zero-order valence-corrected chi connectivity index (χ0v) is 32.6. The summed E-state index contributed by atoms with van der Waals surface area (Å²) in [7, 11) is 0. The summed E-state index contributed by atoms with van der Waals surface area (Å²) in [6.45, 7) is 28.8. The topological polar surface area (TPSA) is 108 Å². The number of carbonyl (C=O) groups is 2. The van der Waals surface area contributed by atoms with Gasteiger partial charge in [-0.05, 0) is 64.5 Å². The third-order valence-electron chi connectivity index (χ3n) is 7.47. The van der Waals surface area contributed by atoms with E-state index in [0.717, 1.165) is 0 Å². The van der Waals surface area contributed by atoms with E-state index >= 15 is 0 Å². The molecule has 0 heterocycles. The van der Waals surface area contributed by atoms with Gasteiger partial charge in [-0.1, -0.05) is 68.5 Å². The van der Waals surface area contributed by atoms with Gasteiger partial charge in [-0.15, -0.1) is 0 Å². The Morgan fingerprint density at radius 2 is 0.765 bits per heavy atom. The minimum atomic E-state index is -0.927. The van der Waals surface area contributed by atoms with Crippen molar-refractivity contribution in [3.05, 3.63) is 47.6 Å². The van der Waals surface area contributed by atoms with Gasteiger partial charge in [0.25, 0.3) is 0 Å². The highest BCUT2D eigenvalue weighted by Gasteiger charge is 2.39. The molecule has 0 bridgehead atoms. The van der Waals surface area contributed by atoms with Gasteiger partial charge in [0.1, 0.15) is 0 Å². The lowest BCUT2D eigenvalue weighted by atomic mass is 9.76. The molecule has 10 nitrogen and oxygen atoms in total. The number of rotatable bonds is 24. The van der Waals surface area contributed by atoms with Gasteiger partial charge < -0.3 is 37.9 Å². The summed E-state index contributed by atoms with van der Waals surface area (Å²) >= 11 is 0. The predicted octanol–water partition coefficient (Wildman–Crippen LogP) is 9.71. The van der Waals surface area contributed by atoms with Crippen molar-refractivity contribution >= 4 is 11.9 Å². The Bertz CT molecular complexity index is 1380. The van der Waals surface area contributed by atoms with Crippen molar-refractivity contribution in [3.8, 4) is 46.0 Å². The first kappa shape index (κ1) is 42.8. The Labute approximate surface area is 305 Å². The van der Waals surface area contributed by atoms with Gasteiger partial charge in [0, 0.05) is 27.7 Å². The molecular formula is C41H60O10. The average Bonchev–Trinajstić information content (AvgIpc) is 3.10. The maximum atomic E-state index is 13.0. The summed E-state index contributed by atoms with van der Waals surface area (Å²) in [6, 6.07) is 3.66. The second kappa shape index (κ2) is 21.1. The Kier molecular flexibility index (Phi) is 17.7. The monoisotopic (exact) mass is 712 g/mol. The molecule has 0 aliphatic carbocycles. The van der Waals surface area contributed by atoms with Crippen LogP contribution < -0.4 is 37.9 Å². The van der Waals surface area contributed by atoms with Gasteiger partial charge in [-0.2, -0.15) is 0 Å². The summed E-state index contributed by atoms with van der Waals surface area (Å²) in [5, 5.41) is 0. The normalized spacial score (nSPS) is 11.0. The summed E-state index contributed by atoms with van der Waals surface area (Å²) in [4.78, 5) is 26.0. The SMILES string of the molecule is C=C(C)C(=O)Oc1c(OCCC)cc(C(C)(C)c2cc(OCCC)c(OC(=O)C(=C)C)c(OCCC)c2OCCC)c(OCCC)c1OCCC. The lowest BCUT2D eigenvalue weighted by Crippen LogP contribution is -2.24. The van der Waals surface area contributed by atoms with Crippen molar-refractivity contribution in [1.82, 2.24) is 0 Å². The minimum absolute atomic E-state index is 0.124. The molecule has 0 fully saturated rings. The molecule has 0 N–H and O–H groups in total. The van der Waals surface area contributed by atoms with Crippen LogP contribution in [0.1, 0.15) is 119 Å². The van der Waals surface area contributed by atoms with E-state index in [1.54, 1.807) is 13.8 Å². The van der Waals surface area contributed by atoms with Crippen molar-refractivity contribution in [3.63, 3.8) is 0 Å². The molecule has 0 aliphatic heterocycles. The third-order valence-corrected chi connectivity index (χ3v) is 7.47. The van der Waals surface area contributed by atoms with E-state index < -0.39 is 17.4 Å². The van der Waals surface area contributed by atoms with Crippen molar-refractivity contribution in [2.75, 3.05) is 39.6 Å². The van der Waals surface area contributed by atoms with Crippen LogP contribution in [0.3, 0.4) is 0 Å². The van der Waals surface area contributed by atoms with Crippen LogP contribution in [0.25, 0.3) is 0 Å². The Hall–Kier alpha value is -4.34. The predicted molar refractivity (Wildman–Crippen MR) is 201 cm³/mol. The average molecular weight is 713 g/mol. The fourth-order valence-corrected chi connectivity index (χ4v) is 4.83. The van der Waals surface area contributed by atoms with Gasteiger partial charge in [0.2, 0.25) is 23.0 Å². The van der Waals surface area contributed by atoms with E-state index in [1.165, 1.54) is 0 Å². The number of esters is 2. The van der Waals surface area contributed by atoms with E-state index in [-0.39, 0.29) is 34.1 Å².